The van der Waals surface area contributed by atoms with Gasteiger partial charge >= 0.3 is 0 Å². The van der Waals surface area contributed by atoms with Crippen LogP contribution in [0.15, 0.2) is 6.33 Å². The van der Waals surface area contributed by atoms with E-state index in [1.165, 1.54) is 10.9 Å². The highest BCUT2D eigenvalue weighted by Crippen LogP contribution is 2.36. The first kappa shape index (κ1) is 14.2. The largest absolute Gasteiger partial charge is 0.387 e. The third kappa shape index (κ3) is 2.14. The molecule has 0 spiro atoms. The minimum Gasteiger partial charge on any atom is -0.387 e. The highest BCUT2D eigenvalue weighted by molar-refractivity contribution is 5.81. The number of hydrogen-bond donors (Lipinski definition) is 2. The second-order valence-electron chi connectivity index (χ2n) is 5.65. The van der Waals surface area contributed by atoms with Crippen LogP contribution in [0.2, 0.25) is 0 Å². The molecule has 1 aliphatic heterocycles. The molecular weight excluding hydrogens is 277 g/mol. The third-order valence-corrected chi connectivity index (χ3v) is 3.72. The second-order valence-corrected chi connectivity index (χ2v) is 5.65. The van der Waals surface area contributed by atoms with Crippen molar-refractivity contribution in [3.05, 3.63) is 12.2 Å². The van der Waals surface area contributed by atoms with Crippen molar-refractivity contribution in [3.8, 4) is 0 Å². The Morgan fingerprint density at radius 1 is 1.43 bits per heavy atom. The monoisotopic (exact) mass is 295 g/mol. The van der Waals surface area contributed by atoms with Gasteiger partial charge in [0, 0.05) is 0 Å². The first-order valence-electron chi connectivity index (χ1n) is 6.84. The van der Waals surface area contributed by atoms with Crippen LogP contribution in [-0.2, 0) is 4.74 Å². The molecule has 8 heteroatoms. The Kier molecular flexibility index (Phi) is 3.29. The molecule has 2 aromatic rings. The average molecular weight is 295 g/mol. The van der Waals surface area contributed by atoms with Gasteiger partial charge in [-0.3, -0.25) is 4.57 Å². The van der Waals surface area contributed by atoms with Gasteiger partial charge in [-0.15, -0.1) is 0 Å². The van der Waals surface area contributed by atoms with E-state index >= 15 is 0 Å². The Balaban J connectivity index is 2.05. The minimum absolute atomic E-state index is 0.000494. The molecule has 21 heavy (non-hydrogen) atoms. The summed E-state index contributed by atoms with van der Waals surface area (Å²) in [6.45, 7) is 5.44. The van der Waals surface area contributed by atoms with Crippen molar-refractivity contribution < 1.29 is 14.2 Å². The lowest BCUT2D eigenvalue weighted by molar-refractivity contribution is -0.0433. The van der Waals surface area contributed by atoms with Crippen molar-refractivity contribution in [1.29, 1.82) is 0 Å². The number of ether oxygens (including phenoxy) is 1. The van der Waals surface area contributed by atoms with E-state index in [0.717, 1.165) is 0 Å². The molecule has 3 heterocycles. The zero-order valence-electron chi connectivity index (χ0n) is 12.1. The van der Waals surface area contributed by atoms with Gasteiger partial charge in [0.25, 0.3) is 0 Å². The summed E-state index contributed by atoms with van der Waals surface area (Å²) < 4.78 is 21.5. The number of nitrogens with two attached hydrogens (primary N) is 1. The predicted octanol–water partition coefficient (Wildman–Crippen LogP) is 0.969. The van der Waals surface area contributed by atoms with Crippen molar-refractivity contribution in [2.75, 3.05) is 5.73 Å². The third-order valence-electron chi connectivity index (χ3n) is 3.72. The zero-order valence-corrected chi connectivity index (χ0v) is 12.1. The van der Waals surface area contributed by atoms with Crippen molar-refractivity contribution in [2.24, 2.45) is 5.92 Å². The van der Waals surface area contributed by atoms with Crippen molar-refractivity contribution in [1.82, 2.24) is 19.5 Å². The Bertz CT molecular complexity index is 674. The van der Waals surface area contributed by atoms with Gasteiger partial charge < -0.3 is 15.6 Å². The van der Waals surface area contributed by atoms with E-state index in [4.69, 9.17) is 10.5 Å². The maximum Gasteiger partial charge on any atom is 0.173 e. The summed E-state index contributed by atoms with van der Waals surface area (Å²) in [7, 11) is 0. The van der Waals surface area contributed by atoms with Gasteiger partial charge in [-0.25, -0.2) is 19.3 Å². The number of rotatable bonds is 2. The molecule has 0 bridgehead atoms. The van der Waals surface area contributed by atoms with E-state index in [0.29, 0.717) is 17.0 Å². The normalized spacial score (nSPS) is 29.6. The van der Waals surface area contributed by atoms with Crippen LogP contribution in [0.25, 0.3) is 11.2 Å². The molecule has 1 fully saturated rings. The number of imidazole rings is 1. The number of aromatic nitrogens is 4. The number of aliphatic hydroxyl groups is 1. The van der Waals surface area contributed by atoms with E-state index in [1.54, 1.807) is 6.92 Å². The molecule has 3 rings (SSSR count). The first-order valence-corrected chi connectivity index (χ1v) is 6.84. The summed E-state index contributed by atoms with van der Waals surface area (Å²) in [5, 5.41) is 9.99. The van der Waals surface area contributed by atoms with Crippen LogP contribution < -0.4 is 5.73 Å². The first-order chi connectivity index (χ1) is 9.90. The molecule has 0 aromatic carbocycles. The number of hydrogen-bond acceptors (Lipinski definition) is 6. The van der Waals surface area contributed by atoms with Gasteiger partial charge in [0.1, 0.15) is 17.4 Å². The second kappa shape index (κ2) is 4.88. The number of aryl methyl sites for hydroxylation is 1. The Hall–Kier alpha value is -1.80. The Morgan fingerprint density at radius 2 is 2.14 bits per heavy atom. The van der Waals surface area contributed by atoms with E-state index < -0.39 is 24.6 Å². The summed E-state index contributed by atoms with van der Waals surface area (Å²) in [6, 6.07) is 0. The fraction of sp³-hybridized carbons (Fsp3) is 0.615. The lowest BCUT2D eigenvalue weighted by Crippen LogP contribution is -2.31. The maximum atomic E-state index is 14.4. The Labute approximate surface area is 121 Å². The maximum absolute atomic E-state index is 14.4. The van der Waals surface area contributed by atoms with Crippen LogP contribution in [0.1, 0.15) is 25.9 Å². The van der Waals surface area contributed by atoms with Crippen LogP contribution in [-0.4, -0.2) is 43.0 Å². The minimum atomic E-state index is -1.55. The van der Waals surface area contributed by atoms with E-state index in [2.05, 4.69) is 15.0 Å². The molecule has 1 saturated heterocycles. The topological polar surface area (TPSA) is 99.1 Å². The molecule has 1 aliphatic rings. The number of halogens is 1. The smallest absolute Gasteiger partial charge is 0.173 e. The molecule has 0 amide bonds. The number of fused-ring (bicyclic) bond motifs is 1. The fourth-order valence-electron chi connectivity index (χ4n) is 2.67. The number of anilines is 1. The molecule has 2 aromatic heterocycles. The number of aliphatic hydroxyl groups excluding tert-OH is 1. The lowest BCUT2D eigenvalue weighted by atomic mass is 10.0. The lowest BCUT2D eigenvalue weighted by Gasteiger charge is -2.18. The molecule has 0 aliphatic carbocycles. The van der Waals surface area contributed by atoms with Crippen LogP contribution in [0.4, 0.5) is 10.2 Å². The predicted molar refractivity (Wildman–Crippen MR) is 74.1 cm³/mol. The molecular formula is C13H18FN5O2. The molecule has 7 nitrogen and oxygen atoms in total. The van der Waals surface area contributed by atoms with Crippen LogP contribution in [0.3, 0.4) is 0 Å². The average Bonchev–Trinajstić information content (AvgIpc) is 2.93. The molecule has 3 N–H and O–H groups in total. The van der Waals surface area contributed by atoms with Crippen molar-refractivity contribution in [2.45, 2.75) is 45.4 Å². The van der Waals surface area contributed by atoms with Crippen LogP contribution in [0, 0.1) is 12.8 Å². The zero-order chi connectivity index (χ0) is 15.3. The standard InChI is InChI=1S/C13H18FN5O2/c1-5(2)10-9(20)7(14)13(21-10)19-4-16-8-11(15)17-6(3)18-12(8)19/h4-5,7,9-10,13,20H,1-3H3,(H2,15,17,18)/t7-,9?,10-,13-/m1/s1. The summed E-state index contributed by atoms with van der Waals surface area (Å²) >= 11 is 0. The quantitative estimate of drug-likeness (QED) is 0.856. The van der Waals surface area contributed by atoms with Crippen LogP contribution in [0.5, 0.6) is 0 Å². The fourth-order valence-corrected chi connectivity index (χ4v) is 2.67. The van der Waals surface area contributed by atoms with Gasteiger partial charge in [0.05, 0.1) is 12.4 Å². The molecule has 0 radical (unpaired) electrons. The highest BCUT2D eigenvalue weighted by Gasteiger charge is 2.46. The van der Waals surface area contributed by atoms with Crippen molar-refractivity contribution >= 4 is 17.0 Å². The number of nitrogens with zero attached hydrogens (tertiary/aromatic N) is 4. The van der Waals surface area contributed by atoms with Gasteiger partial charge in [0.2, 0.25) is 0 Å². The van der Waals surface area contributed by atoms with E-state index in [9.17, 15) is 9.50 Å². The van der Waals surface area contributed by atoms with Crippen LogP contribution >= 0.6 is 0 Å². The number of nitrogen functional groups attached to an aromatic ring is 1. The summed E-state index contributed by atoms with van der Waals surface area (Å²) in [5.41, 5.74) is 6.60. The Morgan fingerprint density at radius 3 is 2.76 bits per heavy atom. The van der Waals surface area contributed by atoms with Gasteiger partial charge in [0.15, 0.2) is 23.9 Å². The molecule has 0 saturated carbocycles. The molecule has 1 unspecified atom stereocenters. The highest BCUT2D eigenvalue weighted by atomic mass is 19.1. The van der Waals surface area contributed by atoms with E-state index in [-0.39, 0.29) is 11.7 Å². The molecule has 114 valence electrons. The summed E-state index contributed by atoms with van der Waals surface area (Å²) in [6.07, 6.45) is -2.84. The van der Waals surface area contributed by atoms with Gasteiger partial charge in [-0.2, -0.15) is 0 Å². The van der Waals surface area contributed by atoms with Gasteiger partial charge in [-0.05, 0) is 12.8 Å². The number of alkyl halides is 1. The molecule has 4 atom stereocenters. The summed E-state index contributed by atoms with van der Waals surface area (Å²) in [4.78, 5) is 12.4. The SMILES string of the molecule is Cc1nc(N)c2ncn([C@@H]3O[C@H](C(C)C)C(O)[C@H]3F)c2n1. The van der Waals surface area contributed by atoms with Crippen molar-refractivity contribution in [3.63, 3.8) is 0 Å². The van der Waals surface area contributed by atoms with Gasteiger partial charge in [-0.1, -0.05) is 13.8 Å². The summed E-state index contributed by atoms with van der Waals surface area (Å²) in [5.74, 6) is 0.709. The van der Waals surface area contributed by atoms with E-state index in [1.807, 2.05) is 13.8 Å².